The van der Waals surface area contributed by atoms with Crippen LogP contribution >= 0.6 is 0 Å². The number of nitrogens with zero attached hydrogens (tertiary/aromatic N) is 3. The summed E-state index contributed by atoms with van der Waals surface area (Å²) in [5, 5.41) is 6.97. The molecule has 0 spiro atoms. The number of aromatic nitrogens is 2. The standard InChI is InChI=1S/C22H28N4O2/c27-22(18-4-2-17(3-5-18)21-7-10-23-24-21)26-14-16-1-6-20(26)15-25(13-16)19-8-11-28-12-9-19/h2-5,7,10,16,19-20H,1,6,8-9,11-15H2,(H,23,24)/t16-,20+/m0/s1. The van der Waals surface area contributed by atoms with Gasteiger partial charge < -0.3 is 9.64 Å². The number of fused-ring (bicyclic) bond motifs is 4. The van der Waals surface area contributed by atoms with Crippen molar-refractivity contribution in [2.75, 3.05) is 32.8 Å². The van der Waals surface area contributed by atoms with Crippen LogP contribution in [0.2, 0.25) is 0 Å². The van der Waals surface area contributed by atoms with Gasteiger partial charge in [-0.25, -0.2) is 0 Å². The van der Waals surface area contributed by atoms with Gasteiger partial charge in [0.1, 0.15) is 0 Å². The van der Waals surface area contributed by atoms with Gasteiger partial charge in [-0.05, 0) is 55.4 Å². The van der Waals surface area contributed by atoms with Crippen molar-refractivity contribution in [3.63, 3.8) is 0 Å². The summed E-state index contributed by atoms with van der Waals surface area (Å²) in [4.78, 5) is 18.1. The third kappa shape index (κ3) is 3.47. The average Bonchev–Trinajstić information content (AvgIpc) is 3.14. The van der Waals surface area contributed by atoms with Gasteiger partial charge in [0, 0.05) is 56.7 Å². The van der Waals surface area contributed by atoms with Crippen LogP contribution in [0.15, 0.2) is 36.5 Å². The summed E-state index contributed by atoms with van der Waals surface area (Å²) < 4.78 is 5.55. The highest BCUT2D eigenvalue weighted by Gasteiger charge is 2.39. The lowest BCUT2D eigenvalue weighted by molar-refractivity contribution is 0.0304. The van der Waals surface area contributed by atoms with Crippen LogP contribution in [0.4, 0.5) is 0 Å². The lowest BCUT2D eigenvalue weighted by Gasteiger charge is -2.37. The molecule has 4 fully saturated rings. The maximum absolute atomic E-state index is 13.3. The van der Waals surface area contributed by atoms with E-state index in [-0.39, 0.29) is 5.91 Å². The van der Waals surface area contributed by atoms with Gasteiger partial charge >= 0.3 is 0 Å². The van der Waals surface area contributed by atoms with Crippen molar-refractivity contribution in [2.24, 2.45) is 5.92 Å². The molecule has 2 atom stereocenters. The Labute approximate surface area is 165 Å². The Morgan fingerprint density at radius 2 is 1.79 bits per heavy atom. The highest BCUT2D eigenvalue weighted by atomic mass is 16.5. The molecule has 1 aromatic heterocycles. The monoisotopic (exact) mass is 380 g/mol. The fourth-order valence-corrected chi connectivity index (χ4v) is 5.09. The Bertz CT molecular complexity index is 798. The molecule has 28 heavy (non-hydrogen) atoms. The largest absolute Gasteiger partial charge is 0.381 e. The maximum Gasteiger partial charge on any atom is 0.254 e. The highest BCUT2D eigenvalue weighted by Crippen LogP contribution is 2.32. The number of hydrogen-bond acceptors (Lipinski definition) is 4. The highest BCUT2D eigenvalue weighted by molar-refractivity contribution is 5.95. The molecule has 6 nitrogen and oxygen atoms in total. The van der Waals surface area contributed by atoms with E-state index in [0.29, 0.717) is 18.0 Å². The van der Waals surface area contributed by atoms with Crippen molar-refractivity contribution < 1.29 is 9.53 Å². The molecule has 4 aliphatic rings. The van der Waals surface area contributed by atoms with E-state index in [4.69, 9.17) is 4.74 Å². The SMILES string of the molecule is O=C(c1ccc(-c2ccn[nH]2)cc1)N1C[C@H]2CC[C@@H]1CN(C1CCOCC1)C2. The maximum atomic E-state index is 13.3. The number of H-pyrrole nitrogens is 1. The number of carbonyl (C=O) groups excluding carboxylic acids is 1. The van der Waals surface area contributed by atoms with E-state index < -0.39 is 0 Å². The normalized spacial score (nSPS) is 26.4. The lowest BCUT2D eigenvalue weighted by atomic mass is 9.94. The first-order chi connectivity index (χ1) is 13.8. The van der Waals surface area contributed by atoms with E-state index in [1.165, 1.54) is 6.42 Å². The first-order valence-electron chi connectivity index (χ1n) is 10.5. The van der Waals surface area contributed by atoms with Crippen LogP contribution in [-0.4, -0.2) is 70.8 Å². The summed E-state index contributed by atoms with van der Waals surface area (Å²) in [6.07, 6.45) is 6.37. The minimum absolute atomic E-state index is 0.180. The summed E-state index contributed by atoms with van der Waals surface area (Å²) >= 11 is 0. The molecule has 2 aromatic rings. The third-order valence-electron chi connectivity index (χ3n) is 6.65. The molecule has 0 radical (unpaired) electrons. The van der Waals surface area contributed by atoms with Crippen LogP contribution < -0.4 is 0 Å². The predicted octanol–water partition coefficient (Wildman–Crippen LogP) is 2.79. The number of amides is 1. The van der Waals surface area contributed by atoms with E-state index in [1.807, 2.05) is 30.3 Å². The van der Waals surface area contributed by atoms with E-state index in [2.05, 4.69) is 20.0 Å². The van der Waals surface area contributed by atoms with Crippen molar-refractivity contribution >= 4 is 5.91 Å². The van der Waals surface area contributed by atoms with Crippen LogP contribution in [-0.2, 0) is 4.74 Å². The topological polar surface area (TPSA) is 61.5 Å². The summed E-state index contributed by atoms with van der Waals surface area (Å²) in [7, 11) is 0. The number of rotatable bonds is 3. The number of benzene rings is 1. The number of ether oxygens (including phenoxy) is 1. The Morgan fingerprint density at radius 1 is 0.964 bits per heavy atom. The molecule has 6 rings (SSSR count). The van der Waals surface area contributed by atoms with Crippen molar-refractivity contribution in [2.45, 2.75) is 37.8 Å². The molecule has 4 aliphatic heterocycles. The zero-order valence-corrected chi connectivity index (χ0v) is 16.2. The van der Waals surface area contributed by atoms with Crippen LogP contribution in [0.3, 0.4) is 0 Å². The molecule has 0 aliphatic carbocycles. The Morgan fingerprint density at radius 3 is 2.54 bits per heavy atom. The fraction of sp³-hybridized carbons (Fsp3) is 0.545. The average molecular weight is 380 g/mol. The van der Waals surface area contributed by atoms with E-state index in [9.17, 15) is 4.79 Å². The smallest absolute Gasteiger partial charge is 0.254 e. The zero-order chi connectivity index (χ0) is 18.9. The summed E-state index contributed by atoms with van der Waals surface area (Å²) in [6.45, 7) is 4.79. The van der Waals surface area contributed by atoms with Crippen LogP contribution in [0.5, 0.6) is 0 Å². The van der Waals surface area contributed by atoms with Crippen molar-refractivity contribution in [3.8, 4) is 11.3 Å². The van der Waals surface area contributed by atoms with Crippen LogP contribution in [0, 0.1) is 5.92 Å². The first kappa shape index (κ1) is 17.9. The molecule has 1 amide bonds. The van der Waals surface area contributed by atoms with Gasteiger partial charge in [-0.1, -0.05) is 12.1 Å². The lowest BCUT2D eigenvalue weighted by Crippen LogP contribution is -2.48. The Balaban J connectivity index is 1.31. The van der Waals surface area contributed by atoms with Crippen molar-refractivity contribution in [3.05, 3.63) is 42.1 Å². The van der Waals surface area contributed by atoms with Crippen molar-refractivity contribution in [1.29, 1.82) is 0 Å². The molecule has 0 saturated carbocycles. The van der Waals surface area contributed by atoms with Crippen LogP contribution in [0.1, 0.15) is 36.0 Å². The third-order valence-corrected chi connectivity index (χ3v) is 6.65. The van der Waals surface area contributed by atoms with E-state index in [1.54, 1.807) is 6.20 Å². The molecular formula is C22H28N4O2. The minimum Gasteiger partial charge on any atom is -0.381 e. The summed E-state index contributed by atoms with van der Waals surface area (Å²) in [5.74, 6) is 0.773. The number of nitrogens with one attached hydrogen (secondary N) is 1. The quantitative estimate of drug-likeness (QED) is 0.890. The van der Waals surface area contributed by atoms with Gasteiger partial charge in [-0.3, -0.25) is 14.8 Å². The predicted molar refractivity (Wildman–Crippen MR) is 107 cm³/mol. The molecule has 148 valence electrons. The molecule has 5 heterocycles. The number of piperidine rings is 1. The molecule has 1 N–H and O–H groups in total. The summed E-state index contributed by atoms with van der Waals surface area (Å²) in [6, 6.07) is 10.8. The number of aromatic amines is 1. The van der Waals surface area contributed by atoms with Gasteiger partial charge in [0.25, 0.3) is 5.91 Å². The molecule has 1 aromatic carbocycles. The van der Waals surface area contributed by atoms with Gasteiger partial charge in [0.15, 0.2) is 0 Å². The number of carbonyl (C=O) groups is 1. The van der Waals surface area contributed by atoms with Gasteiger partial charge in [-0.15, -0.1) is 0 Å². The molecular weight excluding hydrogens is 352 g/mol. The minimum atomic E-state index is 0.180. The number of hydrogen-bond donors (Lipinski definition) is 1. The molecule has 0 unspecified atom stereocenters. The van der Waals surface area contributed by atoms with Gasteiger partial charge in [0.2, 0.25) is 0 Å². The molecule has 4 saturated heterocycles. The van der Waals surface area contributed by atoms with E-state index in [0.717, 1.165) is 68.9 Å². The fourth-order valence-electron chi connectivity index (χ4n) is 5.09. The second-order valence-corrected chi connectivity index (χ2v) is 8.40. The van der Waals surface area contributed by atoms with Crippen LogP contribution in [0.25, 0.3) is 11.3 Å². The zero-order valence-electron chi connectivity index (χ0n) is 16.2. The Hall–Kier alpha value is -2.18. The Kier molecular flexibility index (Phi) is 4.91. The van der Waals surface area contributed by atoms with Gasteiger partial charge in [0.05, 0.1) is 5.69 Å². The van der Waals surface area contributed by atoms with Gasteiger partial charge in [-0.2, -0.15) is 5.10 Å². The first-order valence-corrected chi connectivity index (χ1v) is 10.5. The molecule has 6 heteroatoms. The summed E-state index contributed by atoms with van der Waals surface area (Å²) in [5.41, 5.74) is 2.81. The van der Waals surface area contributed by atoms with E-state index >= 15 is 0 Å². The second kappa shape index (κ2) is 7.68. The van der Waals surface area contributed by atoms with Crippen molar-refractivity contribution in [1.82, 2.24) is 20.0 Å². The molecule has 2 bridgehead atoms. The second-order valence-electron chi connectivity index (χ2n) is 8.40.